The van der Waals surface area contributed by atoms with Crippen molar-refractivity contribution in [3.05, 3.63) is 36.5 Å². The first-order valence-corrected chi connectivity index (χ1v) is 5.25. The number of benzene rings is 1. The molecular weight excluding hydrogens is 202 g/mol. The number of ether oxygens (including phenoxy) is 1. The minimum absolute atomic E-state index is 0.269. The van der Waals surface area contributed by atoms with Gasteiger partial charge in [-0.3, -0.25) is 4.98 Å². The van der Waals surface area contributed by atoms with E-state index in [1.54, 1.807) is 20.0 Å². The molecule has 1 N–H and O–H groups in total. The van der Waals surface area contributed by atoms with E-state index in [2.05, 4.69) is 4.98 Å². The van der Waals surface area contributed by atoms with Gasteiger partial charge in [0, 0.05) is 17.6 Å². The van der Waals surface area contributed by atoms with E-state index in [0.29, 0.717) is 0 Å². The molecule has 3 heteroatoms. The Balaban J connectivity index is 2.20. The molecule has 3 nitrogen and oxygen atoms in total. The molecule has 2 rings (SSSR count). The fraction of sp³-hybridized carbons (Fsp3) is 0.308. The Kier molecular flexibility index (Phi) is 2.79. The molecule has 0 spiro atoms. The second-order valence-electron chi connectivity index (χ2n) is 4.46. The van der Waals surface area contributed by atoms with Gasteiger partial charge in [-0.05, 0) is 32.0 Å². The predicted molar refractivity (Wildman–Crippen MR) is 63.5 cm³/mol. The van der Waals surface area contributed by atoms with Crippen molar-refractivity contribution in [2.75, 3.05) is 6.61 Å². The van der Waals surface area contributed by atoms with Gasteiger partial charge in [0.15, 0.2) is 0 Å². The van der Waals surface area contributed by atoms with Gasteiger partial charge >= 0.3 is 0 Å². The highest BCUT2D eigenvalue weighted by Crippen LogP contribution is 2.19. The highest BCUT2D eigenvalue weighted by molar-refractivity contribution is 5.79. The maximum Gasteiger partial charge on any atom is 0.121 e. The first-order chi connectivity index (χ1) is 7.54. The summed E-state index contributed by atoms with van der Waals surface area (Å²) in [7, 11) is 0. The van der Waals surface area contributed by atoms with Crippen molar-refractivity contribution in [1.82, 2.24) is 4.98 Å². The van der Waals surface area contributed by atoms with Crippen LogP contribution in [0.2, 0.25) is 0 Å². The van der Waals surface area contributed by atoms with Crippen LogP contribution in [0.1, 0.15) is 13.8 Å². The molecule has 2 aromatic rings. The number of pyridine rings is 1. The molecule has 0 bridgehead atoms. The molecule has 1 aromatic carbocycles. The monoisotopic (exact) mass is 217 g/mol. The van der Waals surface area contributed by atoms with Crippen LogP contribution in [0.3, 0.4) is 0 Å². The number of rotatable bonds is 3. The van der Waals surface area contributed by atoms with E-state index in [0.717, 1.165) is 16.7 Å². The summed E-state index contributed by atoms with van der Waals surface area (Å²) in [5, 5.41) is 10.6. The summed E-state index contributed by atoms with van der Waals surface area (Å²) in [5.41, 5.74) is 0.0785. The minimum atomic E-state index is -0.820. The van der Waals surface area contributed by atoms with Gasteiger partial charge in [0.05, 0.1) is 11.1 Å². The molecule has 0 unspecified atom stereocenters. The lowest BCUT2D eigenvalue weighted by molar-refractivity contribution is 0.0285. The SMILES string of the molecule is CC(C)(O)COc1ccc2cccnc2c1. The van der Waals surface area contributed by atoms with Gasteiger partial charge in [-0.15, -0.1) is 0 Å². The minimum Gasteiger partial charge on any atom is -0.491 e. The van der Waals surface area contributed by atoms with E-state index < -0.39 is 5.60 Å². The zero-order valence-corrected chi connectivity index (χ0v) is 9.47. The molecule has 0 saturated heterocycles. The van der Waals surface area contributed by atoms with Crippen LogP contribution in [0.4, 0.5) is 0 Å². The van der Waals surface area contributed by atoms with Crippen molar-refractivity contribution in [1.29, 1.82) is 0 Å². The highest BCUT2D eigenvalue weighted by Gasteiger charge is 2.13. The van der Waals surface area contributed by atoms with Gasteiger partial charge in [0.2, 0.25) is 0 Å². The van der Waals surface area contributed by atoms with Crippen molar-refractivity contribution >= 4 is 10.9 Å². The van der Waals surface area contributed by atoms with E-state index in [9.17, 15) is 5.11 Å². The molecule has 1 heterocycles. The number of nitrogens with zero attached hydrogens (tertiary/aromatic N) is 1. The Bertz CT molecular complexity index is 489. The Labute approximate surface area is 94.7 Å². The van der Waals surface area contributed by atoms with Crippen molar-refractivity contribution in [3.8, 4) is 5.75 Å². The average Bonchev–Trinajstić information content (AvgIpc) is 2.25. The Morgan fingerprint density at radius 1 is 1.31 bits per heavy atom. The van der Waals surface area contributed by atoms with E-state index in [1.807, 2.05) is 30.3 Å². The van der Waals surface area contributed by atoms with Crippen molar-refractivity contribution in [2.45, 2.75) is 19.4 Å². The first kappa shape index (κ1) is 10.9. The lowest BCUT2D eigenvalue weighted by atomic mass is 10.1. The largest absolute Gasteiger partial charge is 0.491 e. The van der Waals surface area contributed by atoms with Crippen LogP contribution in [0, 0.1) is 0 Å². The fourth-order valence-electron chi connectivity index (χ4n) is 1.40. The predicted octanol–water partition coefficient (Wildman–Crippen LogP) is 2.38. The third-order valence-electron chi connectivity index (χ3n) is 2.17. The van der Waals surface area contributed by atoms with Crippen LogP contribution in [0.25, 0.3) is 10.9 Å². The van der Waals surface area contributed by atoms with Crippen LogP contribution in [-0.4, -0.2) is 22.3 Å². The summed E-state index contributed by atoms with van der Waals surface area (Å²) in [4.78, 5) is 4.24. The molecule has 0 atom stereocenters. The zero-order valence-electron chi connectivity index (χ0n) is 9.47. The Hall–Kier alpha value is -1.61. The summed E-state index contributed by atoms with van der Waals surface area (Å²) in [6, 6.07) is 9.63. The summed E-state index contributed by atoms with van der Waals surface area (Å²) in [5.74, 6) is 0.730. The number of aliphatic hydroxyl groups is 1. The molecule has 16 heavy (non-hydrogen) atoms. The Morgan fingerprint density at radius 2 is 2.12 bits per heavy atom. The first-order valence-electron chi connectivity index (χ1n) is 5.25. The van der Waals surface area contributed by atoms with Gasteiger partial charge in [-0.1, -0.05) is 6.07 Å². The third kappa shape index (κ3) is 2.70. The third-order valence-corrected chi connectivity index (χ3v) is 2.17. The summed E-state index contributed by atoms with van der Waals surface area (Å²) >= 11 is 0. The van der Waals surface area contributed by atoms with Gasteiger partial charge in [-0.2, -0.15) is 0 Å². The van der Waals surface area contributed by atoms with E-state index in [4.69, 9.17) is 4.74 Å². The zero-order chi connectivity index (χ0) is 11.6. The number of aromatic nitrogens is 1. The van der Waals surface area contributed by atoms with Gasteiger partial charge in [-0.25, -0.2) is 0 Å². The molecule has 84 valence electrons. The van der Waals surface area contributed by atoms with Gasteiger partial charge in [0.1, 0.15) is 12.4 Å². The molecule has 0 fully saturated rings. The highest BCUT2D eigenvalue weighted by atomic mass is 16.5. The molecule has 0 aliphatic heterocycles. The molecule has 0 aliphatic carbocycles. The molecule has 0 saturated carbocycles. The molecule has 1 aromatic heterocycles. The molecular formula is C13H15NO2. The van der Waals surface area contributed by atoms with Crippen LogP contribution >= 0.6 is 0 Å². The van der Waals surface area contributed by atoms with Crippen molar-refractivity contribution < 1.29 is 9.84 Å². The summed E-state index contributed by atoms with van der Waals surface area (Å²) in [6.45, 7) is 3.70. The average molecular weight is 217 g/mol. The summed E-state index contributed by atoms with van der Waals surface area (Å²) in [6.07, 6.45) is 1.75. The van der Waals surface area contributed by atoms with Crippen LogP contribution in [0.15, 0.2) is 36.5 Å². The standard InChI is InChI=1S/C13H15NO2/c1-13(2,15)9-16-11-6-5-10-4-3-7-14-12(10)8-11/h3-8,15H,9H2,1-2H3. The maximum atomic E-state index is 9.55. The lowest BCUT2D eigenvalue weighted by Gasteiger charge is -2.17. The molecule has 0 amide bonds. The smallest absolute Gasteiger partial charge is 0.121 e. The van der Waals surface area contributed by atoms with E-state index in [1.165, 1.54) is 0 Å². The topological polar surface area (TPSA) is 42.4 Å². The van der Waals surface area contributed by atoms with Gasteiger partial charge in [0.25, 0.3) is 0 Å². The fourth-order valence-corrected chi connectivity index (χ4v) is 1.40. The van der Waals surface area contributed by atoms with Crippen LogP contribution < -0.4 is 4.74 Å². The van der Waals surface area contributed by atoms with Crippen molar-refractivity contribution in [3.63, 3.8) is 0 Å². The van der Waals surface area contributed by atoms with Crippen molar-refractivity contribution in [2.24, 2.45) is 0 Å². The summed E-state index contributed by atoms with van der Waals surface area (Å²) < 4.78 is 5.49. The second-order valence-corrected chi connectivity index (χ2v) is 4.46. The van der Waals surface area contributed by atoms with Gasteiger partial charge < -0.3 is 9.84 Å². The molecule has 0 aliphatic rings. The van der Waals surface area contributed by atoms with Crippen LogP contribution in [0.5, 0.6) is 5.75 Å². The number of hydrogen-bond acceptors (Lipinski definition) is 3. The lowest BCUT2D eigenvalue weighted by Crippen LogP contribution is -2.27. The van der Waals surface area contributed by atoms with Crippen LogP contribution in [-0.2, 0) is 0 Å². The normalized spacial score (nSPS) is 11.7. The maximum absolute atomic E-state index is 9.55. The quantitative estimate of drug-likeness (QED) is 0.858. The number of hydrogen-bond donors (Lipinski definition) is 1. The second kappa shape index (κ2) is 4.10. The van der Waals surface area contributed by atoms with E-state index >= 15 is 0 Å². The number of fused-ring (bicyclic) bond motifs is 1. The van der Waals surface area contributed by atoms with E-state index in [-0.39, 0.29) is 6.61 Å². The Morgan fingerprint density at radius 3 is 2.88 bits per heavy atom. The molecule has 0 radical (unpaired) electrons.